The van der Waals surface area contributed by atoms with Crippen LogP contribution < -0.4 is 11.1 Å². The van der Waals surface area contributed by atoms with E-state index in [1.807, 2.05) is 0 Å². The molecule has 0 spiro atoms. The third-order valence-electron chi connectivity index (χ3n) is 3.59. The molecule has 2 nitrogen and oxygen atoms in total. The van der Waals surface area contributed by atoms with Crippen LogP contribution in [0.25, 0.3) is 0 Å². The maximum Gasteiger partial charge on any atom is 0.0428 e. The minimum atomic E-state index is 0.623. The molecule has 3 N–H and O–H groups in total. The molecule has 84 valence electrons. The van der Waals surface area contributed by atoms with Gasteiger partial charge in [-0.25, -0.2) is 0 Å². The van der Waals surface area contributed by atoms with Crippen molar-refractivity contribution in [1.29, 1.82) is 0 Å². The first-order valence-corrected chi connectivity index (χ1v) is 6.18. The van der Waals surface area contributed by atoms with Crippen LogP contribution in [0.2, 0.25) is 0 Å². The summed E-state index contributed by atoms with van der Waals surface area (Å²) in [5.41, 5.74) is 6.05. The average Bonchev–Trinajstić information content (AvgIpc) is 2.59. The summed E-state index contributed by atoms with van der Waals surface area (Å²) in [6.07, 6.45) is 11.4. The smallest absolute Gasteiger partial charge is 0.0428 e. The van der Waals surface area contributed by atoms with Crippen molar-refractivity contribution in [1.82, 2.24) is 5.32 Å². The lowest BCUT2D eigenvalue weighted by molar-refractivity contribution is 0.295. The van der Waals surface area contributed by atoms with Crippen LogP contribution in [0.3, 0.4) is 0 Å². The Morgan fingerprint density at radius 3 is 2.50 bits per heavy atom. The van der Waals surface area contributed by atoms with Gasteiger partial charge in [0.2, 0.25) is 0 Å². The van der Waals surface area contributed by atoms with Crippen LogP contribution in [0.4, 0.5) is 0 Å². The molecule has 0 aromatic carbocycles. The lowest BCUT2D eigenvalue weighted by atomic mass is 9.83. The predicted octanol–water partition coefficient (Wildman–Crippen LogP) is 2.63. The van der Waals surface area contributed by atoms with E-state index >= 15 is 0 Å². The van der Waals surface area contributed by atoms with Crippen molar-refractivity contribution in [3.8, 4) is 0 Å². The Morgan fingerprint density at radius 2 is 1.86 bits per heavy atom. The van der Waals surface area contributed by atoms with Crippen LogP contribution in [0.1, 0.15) is 58.3 Å². The van der Waals surface area contributed by atoms with Gasteiger partial charge in [0.25, 0.3) is 0 Å². The van der Waals surface area contributed by atoms with Gasteiger partial charge in [0.15, 0.2) is 0 Å². The van der Waals surface area contributed by atoms with Crippen LogP contribution in [-0.4, -0.2) is 13.2 Å². The largest absolute Gasteiger partial charge is 0.318 e. The molecule has 0 heterocycles. The number of hydrogen-bond acceptors (Lipinski definition) is 2. The minimum Gasteiger partial charge on any atom is -0.318 e. The molecule has 0 saturated heterocycles. The van der Waals surface area contributed by atoms with E-state index in [-0.39, 0.29) is 0 Å². The molecule has 0 aromatic rings. The summed E-state index contributed by atoms with van der Waals surface area (Å²) in [6, 6.07) is 0. The van der Waals surface area contributed by atoms with Gasteiger partial charge in [0.05, 0.1) is 0 Å². The van der Waals surface area contributed by atoms with Gasteiger partial charge < -0.3 is 11.1 Å². The van der Waals surface area contributed by atoms with Crippen molar-refractivity contribution >= 4 is 0 Å². The molecule has 2 heteroatoms. The van der Waals surface area contributed by atoms with Crippen molar-refractivity contribution in [2.75, 3.05) is 13.2 Å². The third-order valence-corrected chi connectivity index (χ3v) is 3.59. The SMILES string of the molecule is CC1(CCCCCNCN)CCCC1. The molecule has 0 aliphatic heterocycles. The summed E-state index contributed by atoms with van der Waals surface area (Å²) in [5, 5.41) is 3.16. The summed E-state index contributed by atoms with van der Waals surface area (Å²) in [6.45, 7) is 4.18. The zero-order valence-corrected chi connectivity index (χ0v) is 9.65. The lowest BCUT2D eigenvalue weighted by Crippen LogP contribution is -2.23. The van der Waals surface area contributed by atoms with E-state index < -0.39 is 0 Å². The molecule has 14 heavy (non-hydrogen) atoms. The maximum absolute atomic E-state index is 5.35. The Kier molecular flexibility index (Phi) is 5.49. The standard InChI is InChI=1S/C12H26N2/c1-12(8-4-5-9-12)7-3-2-6-10-14-11-13/h14H,2-11,13H2,1H3. The van der Waals surface area contributed by atoms with E-state index in [1.54, 1.807) is 0 Å². The summed E-state index contributed by atoms with van der Waals surface area (Å²) >= 11 is 0. The monoisotopic (exact) mass is 198 g/mol. The Bertz CT molecular complexity index is 139. The highest BCUT2D eigenvalue weighted by molar-refractivity contribution is 4.79. The fourth-order valence-corrected chi connectivity index (χ4v) is 2.56. The first-order chi connectivity index (χ1) is 6.77. The zero-order chi connectivity index (χ0) is 10.3. The fraction of sp³-hybridized carbons (Fsp3) is 1.00. The van der Waals surface area contributed by atoms with Crippen LogP contribution in [0.5, 0.6) is 0 Å². The molecule has 0 bridgehead atoms. The summed E-state index contributed by atoms with van der Waals surface area (Å²) in [7, 11) is 0. The van der Waals surface area contributed by atoms with E-state index in [1.165, 1.54) is 51.4 Å². The van der Waals surface area contributed by atoms with Crippen molar-refractivity contribution in [3.05, 3.63) is 0 Å². The quantitative estimate of drug-likeness (QED) is 0.487. The molecule has 0 amide bonds. The highest BCUT2D eigenvalue weighted by Gasteiger charge is 2.27. The molecule has 0 unspecified atom stereocenters. The van der Waals surface area contributed by atoms with Crippen LogP contribution >= 0.6 is 0 Å². The van der Waals surface area contributed by atoms with Crippen molar-refractivity contribution < 1.29 is 0 Å². The van der Waals surface area contributed by atoms with E-state index in [0.29, 0.717) is 12.1 Å². The zero-order valence-electron chi connectivity index (χ0n) is 9.65. The highest BCUT2D eigenvalue weighted by atomic mass is 14.9. The first kappa shape index (κ1) is 12.0. The predicted molar refractivity (Wildman–Crippen MR) is 62.1 cm³/mol. The number of nitrogens with two attached hydrogens (primary N) is 1. The Labute approximate surface area is 88.6 Å². The fourth-order valence-electron chi connectivity index (χ4n) is 2.56. The molecule has 0 aromatic heterocycles. The summed E-state index contributed by atoms with van der Waals surface area (Å²) in [4.78, 5) is 0. The van der Waals surface area contributed by atoms with E-state index in [9.17, 15) is 0 Å². The van der Waals surface area contributed by atoms with Crippen LogP contribution in [-0.2, 0) is 0 Å². The lowest BCUT2D eigenvalue weighted by Gasteiger charge is -2.23. The van der Waals surface area contributed by atoms with Crippen molar-refractivity contribution in [2.24, 2.45) is 11.1 Å². The van der Waals surface area contributed by atoms with Gasteiger partial charge in [-0.15, -0.1) is 0 Å². The molecular weight excluding hydrogens is 172 g/mol. The second-order valence-electron chi connectivity index (χ2n) is 5.03. The van der Waals surface area contributed by atoms with Crippen molar-refractivity contribution in [2.45, 2.75) is 58.3 Å². The van der Waals surface area contributed by atoms with Crippen LogP contribution in [0.15, 0.2) is 0 Å². The van der Waals surface area contributed by atoms with Gasteiger partial charge in [-0.3, -0.25) is 0 Å². The van der Waals surface area contributed by atoms with E-state index in [0.717, 1.165) is 6.54 Å². The normalized spacial score (nSPS) is 20.1. The molecule has 1 aliphatic rings. The topological polar surface area (TPSA) is 38.0 Å². The first-order valence-electron chi connectivity index (χ1n) is 6.18. The molecule has 0 atom stereocenters. The summed E-state index contributed by atoms with van der Waals surface area (Å²) < 4.78 is 0. The summed E-state index contributed by atoms with van der Waals surface area (Å²) in [5.74, 6) is 0. The van der Waals surface area contributed by atoms with Gasteiger partial charge in [-0.1, -0.05) is 32.6 Å². The average molecular weight is 198 g/mol. The van der Waals surface area contributed by atoms with Gasteiger partial charge in [-0.05, 0) is 37.6 Å². The number of nitrogens with one attached hydrogen (secondary N) is 1. The van der Waals surface area contributed by atoms with Gasteiger partial charge in [-0.2, -0.15) is 0 Å². The Hall–Kier alpha value is -0.0800. The maximum atomic E-state index is 5.35. The minimum absolute atomic E-state index is 0.623. The van der Waals surface area contributed by atoms with Gasteiger partial charge >= 0.3 is 0 Å². The van der Waals surface area contributed by atoms with Crippen LogP contribution in [0, 0.1) is 5.41 Å². The molecule has 1 fully saturated rings. The second kappa shape index (κ2) is 6.41. The van der Waals surface area contributed by atoms with E-state index in [2.05, 4.69) is 12.2 Å². The molecular formula is C12H26N2. The Morgan fingerprint density at radius 1 is 1.14 bits per heavy atom. The number of rotatable bonds is 7. The molecule has 1 aliphatic carbocycles. The third kappa shape index (κ3) is 4.43. The number of unbranched alkanes of at least 4 members (excludes halogenated alkanes) is 2. The van der Waals surface area contributed by atoms with Gasteiger partial charge in [0, 0.05) is 6.67 Å². The van der Waals surface area contributed by atoms with E-state index in [4.69, 9.17) is 5.73 Å². The molecule has 1 saturated carbocycles. The highest BCUT2D eigenvalue weighted by Crippen LogP contribution is 2.41. The number of hydrogen-bond donors (Lipinski definition) is 2. The molecule has 0 radical (unpaired) electrons. The second-order valence-corrected chi connectivity index (χ2v) is 5.03. The Balaban J connectivity index is 1.92. The van der Waals surface area contributed by atoms with Gasteiger partial charge in [0.1, 0.15) is 0 Å². The van der Waals surface area contributed by atoms with Crippen molar-refractivity contribution in [3.63, 3.8) is 0 Å². The molecule has 1 rings (SSSR count).